The largest absolute Gasteiger partial charge is 0.493 e. The van der Waals surface area contributed by atoms with Crippen molar-refractivity contribution in [2.45, 2.75) is 24.9 Å². The quantitative estimate of drug-likeness (QED) is 0.467. The van der Waals surface area contributed by atoms with Gasteiger partial charge in [0, 0.05) is 43.5 Å². The molecule has 2 aliphatic rings. The zero-order valence-corrected chi connectivity index (χ0v) is 19.6. The van der Waals surface area contributed by atoms with E-state index in [-0.39, 0.29) is 5.02 Å². The van der Waals surface area contributed by atoms with Crippen molar-refractivity contribution in [3.05, 3.63) is 46.7 Å². The highest BCUT2D eigenvalue weighted by atomic mass is 35.5. The fourth-order valence-electron chi connectivity index (χ4n) is 4.32. The molecule has 0 amide bonds. The fourth-order valence-corrected chi connectivity index (χ4v) is 4.62. The van der Waals surface area contributed by atoms with E-state index < -0.39 is 11.7 Å². The van der Waals surface area contributed by atoms with E-state index in [1.165, 1.54) is 6.07 Å². The molecule has 1 saturated carbocycles. The average Bonchev–Trinajstić information content (AvgIpc) is 3.67. The number of benzene rings is 2. The van der Waals surface area contributed by atoms with Crippen molar-refractivity contribution in [2.24, 2.45) is 0 Å². The summed E-state index contributed by atoms with van der Waals surface area (Å²) in [4.78, 5) is 13.9. The maximum atomic E-state index is 13.0. The lowest BCUT2D eigenvalue weighted by Gasteiger charge is -2.37. The highest BCUT2D eigenvalue weighted by molar-refractivity contribution is 6.33. The summed E-state index contributed by atoms with van der Waals surface area (Å²) in [5, 5.41) is 0.978. The Kier molecular flexibility index (Phi) is 5.83. The Morgan fingerprint density at radius 3 is 2.15 bits per heavy atom. The number of halogens is 4. The van der Waals surface area contributed by atoms with E-state index in [0.29, 0.717) is 49.3 Å². The molecule has 1 aromatic heterocycles. The number of nitrogens with zero attached hydrogens (tertiary/aromatic N) is 4. The molecule has 0 bridgehead atoms. The Bertz CT molecular complexity index is 1230. The van der Waals surface area contributed by atoms with Gasteiger partial charge in [-0.25, -0.2) is 9.97 Å². The molecule has 34 heavy (non-hydrogen) atoms. The topological polar surface area (TPSA) is 50.7 Å². The van der Waals surface area contributed by atoms with Gasteiger partial charge in [-0.05, 0) is 37.1 Å². The number of methoxy groups -OCH3 is 2. The number of hydrogen-bond acceptors (Lipinski definition) is 6. The lowest BCUT2D eigenvalue weighted by Crippen LogP contribution is -2.47. The molecule has 1 aliphatic carbocycles. The molecular formula is C24H24ClF3N4O2. The van der Waals surface area contributed by atoms with E-state index in [9.17, 15) is 13.2 Å². The van der Waals surface area contributed by atoms with Gasteiger partial charge in [0.05, 0.1) is 36.0 Å². The van der Waals surface area contributed by atoms with Crippen LogP contribution in [0.5, 0.6) is 11.5 Å². The molecule has 1 saturated heterocycles. The number of aromatic nitrogens is 2. The van der Waals surface area contributed by atoms with Crippen LogP contribution in [0.2, 0.25) is 5.02 Å². The van der Waals surface area contributed by atoms with E-state index >= 15 is 0 Å². The number of hydrogen-bond donors (Lipinski definition) is 0. The van der Waals surface area contributed by atoms with Gasteiger partial charge in [0.1, 0.15) is 11.6 Å². The molecule has 2 aromatic carbocycles. The lowest BCUT2D eigenvalue weighted by molar-refractivity contribution is -0.137. The Morgan fingerprint density at radius 2 is 1.56 bits per heavy atom. The van der Waals surface area contributed by atoms with Crippen LogP contribution >= 0.6 is 11.6 Å². The molecule has 0 spiro atoms. The van der Waals surface area contributed by atoms with Crippen LogP contribution in [-0.2, 0) is 6.18 Å². The number of piperazine rings is 1. The van der Waals surface area contributed by atoms with Crippen molar-refractivity contribution < 1.29 is 22.6 Å². The first-order valence-corrected chi connectivity index (χ1v) is 11.5. The second-order valence-corrected chi connectivity index (χ2v) is 8.95. The van der Waals surface area contributed by atoms with Crippen LogP contribution in [0.25, 0.3) is 10.9 Å². The molecule has 6 nitrogen and oxygen atoms in total. The Morgan fingerprint density at radius 1 is 0.912 bits per heavy atom. The maximum absolute atomic E-state index is 13.0. The Labute approximate surface area is 200 Å². The van der Waals surface area contributed by atoms with Crippen molar-refractivity contribution >= 4 is 34.0 Å². The summed E-state index contributed by atoms with van der Waals surface area (Å²) in [5.74, 6) is 3.27. The molecule has 5 rings (SSSR count). The third kappa shape index (κ3) is 4.29. The first-order chi connectivity index (χ1) is 16.3. The van der Waals surface area contributed by atoms with Crippen LogP contribution in [0.15, 0.2) is 30.3 Å². The zero-order valence-electron chi connectivity index (χ0n) is 18.8. The average molecular weight is 493 g/mol. The summed E-state index contributed by atoms with van der Waals surface area (Å²) in [6, 6.07) is 7.29. The van der Waals surface area contributed by atoms with Gasteiger partial charge in [0.25, 0.3) is 0 Å². The van der Waals surface area contributed by atoms with E-state index in [4.69, 9.17) is 31.0 Å². The molecule has 10 heteroatoms. The van der Waals surface area contributed by atoms with Crippen LogP contribution in [0.3, 0.4) is 0 Å². The summed E-state index contributed by atoms with van der Waals surface area (Å²) >= 11 is 6.22. The van der Waals surface area contributed by atoms with Crippen molar-refractivity contribution in [2.75, 3.05) is 50.2 Å². The highest BCUT2D eigenvalue weighted by Crippen LogP contribution is 2.42. The Balaban J connectivity index is 1.43. The second-order valence-electron chi connectivity index (χ2n) is 8.54. The van der Waals surface area contributed by atoms with Gasteiger partial charge in [-0.15, -0.1) is 0 Å². The second kappa shape index (κ2) is 8.69. The molecule has 0 unspecified atom stereocenters. The third-order valence-corrected chi connectivity index (χ3v) is 6.64. The van der Waals surface area contributed by atoms with E-state index in [0.717, 1.165) is 47.5 Å². The smallest absolute Gasteiger partial charge is 0.416 e. The molecule has 0 atom stereocenters. The summed E-state index contributed by atoms with van der Waals surface area (Å²) < 4.78 is 49.9. The number of fused-ring (bicyclic) bond motifs is 1. The predicted molar refractivity (Wildman–Crippen MR) is 125 cm³/mol. The van der Waals surface area contributed by atoms with E-state index in [2.05, 4.69) is 4.90 Å². The fraction of sp³-hybridized carbons (Fsp3) is 0.417. The summed E-state index contributed by atoms with van der Waals surface area (Å²) in [6.45, 7) is 2.48. The number of alkyl halides is 3. The van der Waals surface area contributed by atoms with Crippen LogP contribution in [-0.4, -0.2) is 50.4 Å². The van der Waals surface area contributed by atoms with Gasteiger partial charge < -0.3 is 19.3 Å². The van der Waals surface area contributed by atoms with Gasteiger partial charge in [0.15, 0.2) is 11.5 Å². The zero-order chi connectivity index (χ0) is 24.0. The van der Waals surface area contributed by atoms with Gasteiger partial charge in [-0.1, -0.05) is 11.6 Å². The number of rotatable bonds is 5. The first kappa shape index (κ1) is 22.8. The molecule has 2 fully saturated rings. The minimum atomic E-state index is -4.42. The van der Waals surface area contributed by atoms with Gasteiger partial charge in [-0.3, -0.25) is 0 Å². The number of anilines is 2. The van der Waals surface area contributed by atoms with Crippen LogP contribution < -0.4 is 19.3 Å². The van der Waals surface area contributed by atoms with Crippen molar-refractivity contribution in [3.63, 3.8) is 0 Å². The minimum absolute atomic E-state index is 0.101. The van der Waals surface area contributed by atoms with Gasteiger partial charge >= 0.3 is 6.18 Å². The highest BCUT2D eigenvalue weighted by Gasteiger charge is 2.32. The summed E-state index contributed by atoms with van der Waals surface area (Å²) in [7, 11) is 3.19. The Hall–Kier alpha value is -2.94. The van der Waals surface area contributed by atoms with Crippen molar-refractivity contribution in [1.29, 1.82) is 0 Å². The van der Waals surface area contributed by atoms with Crippen molar-refractivity contribution in [1.82, 2.24) is 9.97 Å². The number of ether oxygens (including phenoxy) is 2. The third-order valence-electron chi connectivity index (χ3n) is 6.34. The van der Waals surface area contributed by atoms with Crippen LogP contribution in [0.4, 0.5) is 24.7 Å². The van der Waals surface area contributed by atoms with Crippen LogP contribution in [0.1, 0.15) is 30.1 Å². The minimum Gasteiger partial charge on any atom is -0.493 e. The molecule has 2 heterocycles. The molecule has 0 radical (unpaired) electrons. The predicted octanol–water partition coefficient (Wildman–Crippen LogP) is 5.52. The lowest BCUT2D eigenvalue weighted by atomic mass is 10.1. The summed E-state index contributed by atoms with van der Waals surface area (Å²) in [6.07, 6.45) is -2.26. The molecular weight excluding hydrogens is 469 g/mol. The monoisotopic (exact) mass is 492 g/mol. The molecule has 0 N–H and O–H groups in total. The normalized spacial score (nSPS) is 16.8. The first-order valence-electron chi connectivity index (χ1n) is 11.1. The SMILES string of the molecule is COc1cc2nc(C3CC3)nc(N3CCN(c4ccc(C(F)(F)F)cc4Cl)CC3)c2cc1OC. The van der Waals surface area contributed by atoms with Gasteiger partial charge in [-0.2, -0.15) is 13.2 Å². The van der Waals surface area contributed by atoms with E-state index in [1.54, 1.807) is 14.2 Å². The molecule has 180 valence electrons. The standard InChI is InChI=1S/C24H24ClF3N4O2/c1-33-20-12-16-18(13-21(20)34-2)29-22(14-3-4-14)30-23(16)32-9-7-31(8-10-32)19-6-5-15(11-17(19)25)24(26,27)28/h5-6,11-14H,3-4,7-10H2,1-2H3. The molecule has 3 aromatic rings. The van der Waals surface area contributed by atoms with Gasteiger partial charge in [0.2, 0.25) is 0 Å². The molecule has 1 aliphatic heterocycles. The van der Waals surface area contributed by atoms with E-state index in [1.807, 2.05) is 17.0 Å². The maximum Gasteiger partial charge on any atom is 0.416 e. The van der Waals surface area contributed by atoms with Crippen LogP contribution in [0, 0.1) is 0 Å². The summed E-state index contributed by atoms with van der Waals surface area (Å²) in [5.41, 5.74) is 0.661. The van der Waals surface area contributed by atoms with Crippen molar-refractivity contribution in [3.8, 4) is 11.5 Å².